The monoisotopic (exact) mass is 743 g/mol. The lowest BCUT2D eigenvalue weighted by Gasteiger charge is -2.14. The van der Waals surface area contributed by atoms with Crippen molar-refractivity contribution in [2.75, 3.05) is 0 Å². The molecule has 0 atom stereocenters. The summed E-state index contributed by atoms with van der Waals surface area (Å²) in [4.78, 5) is 4.75. The first-order valence-electron chi connectivity index (χ1n) is 19.4. The zero-order chi connectivity index (χ0) is 37.5. The fourth-order valence-electron chi connectivity index (χ4n) is 8.93. The molecule has 0 saturated carbocycles. The van der Waals surface area contributed by atoms with Crippen LogP contribution in [-0.2, 0) is 0 Å². The van der Waals surface area contributed by atoms with E-state index in [1.807, 2.05) is 23.6 Å². The number of benzene rings is 8. The molecule has 4 aromatic heterocycles. The summed E-state index contributed by atoms with van der Waals surface area (Å²) in [5.74, 6) is 0. The highest BCUT2D eigenvalue weighted by molar-refractivity contribution is 7.25. The van der Waals surface area contributed by atoms with E-state index in [1.54, 1.807) is 0 Å². The van der Waals surface area contributed by atoms with Crippen LogP contribution in [0.5, 0.6) is 0 Å². The molecule has 57 heavy (non-hydrogen) atoms. The molecule has 0 N–H and O–H groups in total. The maximum Gasteiger partial charge on any atom is 0.0702 e. The van der Waals surface area contributed by atoms with E-state index in [9.17, 15) is 0 Å². The molecule has 0 unspecified atom stereocenters. The Hall–Kier alpha value is -7.27. The first-order valence-corrected chi connectivity index (χ1v) is 20.2. The molecule has 0 saturated heterocycles. The first kappa shape index (κ1) is 32.0. The number of pyridine rings is 1. The van der Waals surface area contributed by atoms with E-state index in [0.29, 0.717) is 0 Å². The van der Waals surface area contributed by atoms with Crippen molar-refractivity contribution in [1.29, 1.82) is 0 Å². The summed E-state index contributed by atoms with van der Waals surface area (Å²) in [7, 11) is 0. The van der Waals surface area contributed by atoms with E-state index < -0.39 is 0 Å². The molecular weight excluding hydrogens is 711 g/mol. The van der Waals surface area contributed by atoms with Gasteiger partial charge in [-0.2, -0.15) is 0 Å². The van der Waals surface area contributed by atoms with Gasteiger partial charge in [0.1, 0.15) is 0 Å². The van der Waals surface area contributed by atoms with Gasteiger partial charge in [0.15, 0.2) is 0 Å². The van der Waals surface area contributed by atoms with E-state index >= 15 is 0 Å². The number of aromatic nitrogens is 3. The minimum Gasteiger partial charge on any atom is -0.309 e. The molecule has 0 aliphatic heterocycles. The molecule has 0 fully saturated rings. The number of hydrogen-bond donors (Lipinski definition) is 0. The molecule has 8 aromatic carbocycles. The second-order valence-electron chi connectivity index (χ2n) is 14.8. The molecule has 4 heterocycles. The highest BCUT2D eigenvalue weighted by atomic mass is 32.1. The van der Waals surface area contributed by atoms with Crippen LogP contribution in [-0.4, -0.2) is 14.1 Å². The van der Waals surface area contributed by atoms with E-state index in [2.05, 4.69) is 197 Å². The molecule has 12 rings (SSSR count). The quantitative estimate of drug-likeness (QED) is 0.172. The number of hydrogen-bond acceptors (Lipinski definition) is 2. The van der Waals surface area contributed by atoms with Crippen molar-refractivity contribution in [3.05, 3.63) is 200 Å². The average Bonchev–Trinajstić information content (AvgIpc) is 3.94. The van der Waals surface area contributed by atoms with Gasteiger partial charge in [-0.15, -0.1) is 11.3 Å². The topological polar surface area (TPSA) is 22.8 Å². The van der Waals surface area contributed by atoms with Crippen molar-refractivity contribution < 1.29 is 0 Å². The van der Waals surface area contributed by atoms with Crippen molar-refractivity contribution in [3.8, 4) is 44.9 Å². The molecule has 4 heteroatoms. The smallest absolute Gasteiger partial charge is 0.0702 e. The van der Waals surface area contributed by atoms with Gasteiger partial charge in [-0.25, -0.2) is 0 Å². The Morgan fingerprint density at radius 1 is 0.316 bits per heavy atom. The zero-order valence-corrected chi connectivity index (χ0v) is 31.6. The lowest BCUT2D eigenvalue weighted by molar-refractivity contribution is 1.18. The standard InChI is InChI=1S/C53H33N3S/c1-2-12-34(13-3-1)37-28-38(47-17-10-11-27-54-47)30-40(29-37)56-49-19-8-5-15-42(49)45-32-36(22-25-51(45)56)35-21-24-50-44(31-35)41-14-4-7-18-48(41)55(50)39-23-26-53-46(33-39)43-16-6-9-20-52(43)57-53/h1-33H. The summed E-state index contributed by atoms with van der Waals surface area (Å²) in [6.07, 6.45) is 1.87. The Morgan fingerprint density at radius 2 is 0.895 bits per heavy atom. The van der Waals surface area contributed by atoms with E-state index in [1.165, 1.54) is 86.2 Å². The number of para-hydroxylation sites is 2. The van der Waals surface area contributed by atoms with Gasteiger partial charge in [0.05, 0.1) is 27.8 Å². The fraction of sp³-hybridized carbons (Fsp3) is 0. The van der Waals surface area contributed by atoms with Gasteiger partial charge in [-0.1, -0.05) is 103 Å². The number of rotatable bonds is 5. The number of thiophene rings is 1. The Kier molecular flexibility index (Phi) is 7.10. The Bertz CT molecular complexity index is 3460. The van der Waals surface area contributed by atoms with Crippen LogP contribution in [0.4, 0.5) is 0 Å². The van der Waals surface area contributed by atoms with Gasteiger partial charge in [-0.05, 0) is 113 Å². The van der Waals surface area contributed by atoms with Crippen LogP contribution in [0, 0.1) is 0 Å². The van der Waals surface area contributed by atoms with Crippen LogP contribution in [0.15, 0.2) is 200 Å². The molecule has 0 bridgehead atoms. The minimum atomic E-state index is 0.955. The average molecular weight is 744 g/mol. The molecule has 0 aliphatic carbocycles. The maximum absolute atomic E-state index is 4.75. The van der Waals surface area contributed by atoms with Crippen LogP contribution in [0.25, 0.3) is 109 Å². The third-order valence-corrected chi connectivity index (χ3v) is 12.7. The lowest BCUT2D eigenvalue weighted by Crippen LogP contribution is -1.96. The molecule has 12 aromatic rings. The summed E-state index contributed by atoms with van der Waals surface area (Å²) in [5, 5.41) is 7.59. The van der Waals surface area contributed by atoms with Crippen molar-refractivity contribution >= 4 is 75.1 Å². The highest BCUT2D eigenvalue weighted by Gasteiger charge is 2.18. The maximum atomic E-state index is 4.75. The highest BCUT2D eigenvalue weighted by Crippen LogP contribution is 2.41. The third-order valence-electron chi connectivity index (χ3n) is 11.5. The largest absolute Gasteiger partial charge is 0.309 e. The number of fused-ring (bicyclic) bond motifs is 9. The van der Waals surface area contributed by atoms with Crippen LogP contribution < -0.4 is 0 Å². The summed E-state index contributed by atoms with van der Waals surface area (Å²) >= 11 is 1.86. The summed E-state index contributed by atoms with van der Waals surface area (Å²) in [6.45, 7) is 0. The van der Waals surface area contributed by atoms with Crippen molar-refractivity contribution in [2.45, 2.75) is 0 Å². The van der Waals surface area contributed by atoms with Gasteiger partial charge in [0.25, 0.3) is 0 Å². The first-order chi connectivity index (χ1) is 28.2. The summed E-state index contributed by atoms with van der Waals surface area (Å²) < 4.78 is 7.49. The van der Waals surface area contributed by atoms with Crippen LogP contribution in [0.2, 0.25) is 0 Å². The molecule has 0 aliphatic rings. The SMILES string of the molecule is c1ccc(-c2cc(-c3ccccn3)cc(-n3c4ccccc4c4cc(-c5ccc6c(c5)c5ccccc5n6-c5ccc6sc7ccccc7c6c5)ccc43)c2)cc1. The minimum absolute atomic E-state index is 0.955. The van der Waals surface area contributed by atoms with Gasteiger partial charge in [-0.3, -0.25) is 4.98 Å². The normalized spacial score (nSPS) is 11.9. The Morgan fingerprint density at radius 3 is 1.60 bits per heavy atom. The zero-order valence-electron chi connectivity index (χ0n) is 30.8. The Balaban J connectivity index is 1.03. The summed E-state index contributed by atoms with van der Waals surface area (Å²) in [5.41, 5.74) is 13.8. The van der Waals surface area contributed by atoms with E-state index in [4.69, 9.17) is 4.98 Å². The third kappa shape index (κ3) is 5.08. The predicted octanol–water partition coefficient (Wildman–Crippen LogP) is 14.6. The van der Waals surface area contributed by atoms with Gasteiger partial charge in [0, 0.05) is 64.9 Å². The van der Waals surface area contributed by atoms with Gasteiger partial charge in [0.2, 0.25) is 0 Å². The second-order valence-corrected chi connectivity index (χ2v) is 15.9. The predicted molar refractivity (Wildman–Crippen MR) is 242 cm³/mol. The van der Waals surface area contributed by atoms with Crippen LogP contribution >= 0.6 is 11.3 Å². The molecule has 3 nitrogen and oxygen atoms in total. The van der Waals surface area contributed by atoms with Gasteiger partial charge >= 0.3 is 0 Å². The number of nitrogens with zero attached hydrogens (tertiary/aromatic N) is 3. The van der Waals surface area contributed by atoms with Crippen molar-refractivity contribution in [1.82, 2.24) is 14.1 Å². The van der Waals surface area contributed by atoms with E-state index in [0.717, 1.165) is 22.5 Å². The van der Waals surface area contributed by atoms with Crippen molar-refractivity contribution in [3.63, 3.8) is 0 Å². The molecule has 0 radical (unpaired) electrons. The second kappa shape index (κ2) is 12.6. The van der Waals surface area contributed by atoms with E-state index in [-0.39, 0.29) is 0 Å². The van der Waals surface area contributed by atoms with Crippen molar-refractivity contribution in [2.24, 2.45) is 0 Å². The molecule has 266 valence electrons. The Labute approximate surface area is 333 Å². The molecule has 0 spiro atoms. The lowest BCUT2D eigenvalue weighted by atomic mass is 10.00. The molecule has 0 amide bonds. The molecular formula is C53H33N3S. The summed E-state index contributed by atoms with van der Waals surface area (Å²) in [6, 6.07) is 70.8. The fourth-order valence-corrected chi connectivity index (χ4v) is 10.0. The van der Waals surface area contributed by atoms with Gasteiger partial charge < -0.3 is 9.13 Å². The van der Waals surface area contributed by atoms with Crippen LogP contribution in [0.3, 0.4) is 0 Å². The van der Waals surface area contributed by atoms with Crippen LogP contribution in [0.1, 0.15) is 0 Å².